The van der Waals surface area contributed by atoms with Crippen LogP contribution in [0.5, 0.6) is 0 Å². The maximum Gasteiger partial charge on any atom is 0.161 e. The standard InChI is InChI=1S/C10H24O3Si/c1-3-4-10-14-13-7-5-6-12-9-8-11-2/h3-10,14H2,1-2H3. The molecule has 3 nitrogen and oxygen atoms in total. The van der Waals surface area contributed by atoms with Crippen LogP contribution in [-0.4, -0.2) is 43.3 Å². The van der Waals surface area contributed by atoms with E-state index < -0.39 is 0 Å². The molecule has 0 radical (unpaired) electrons. The lowest BCUT2D eigenvalue weighted by atomic mass is 10.4. The Hall–Kier alpha value is 0.0969. The first-order chi connectivity index (χ1) is 6.91. The fourth-order valence-electron chi connectivity index (χ4n) is 1.06. The summed E-state index contributed by atoms with van der Waals surface area (Å²) in [6.07, 6.45) is 3.63. The van der Waals surface area contributed by atoms with Crippen molar-refractivity contribution in [2.75, 3.05) is 33.5 Å². The third-order valence-corrected chi connectivity index (χ3v) is 3.27. The third kappa shape index (κ3) is 12.1. The Morgan fingerprint density at radius 3 is 2.57 bits per heavy atom. The Bertz CT molecular complexity index is 89.4. The van der Waals surface area contributed by atoms with E-state index in [9.17, 15) is 0 Å². The topological polar surface area (TPSA) is 27.7 Å². The number of rotatable bonds is 11. The van der Waals surface area contributed by atoms with Crippen molar-refractivity contribution in [3.63, 3.8) is 0 Å². The van der Waals surface area contributed by atoms with Gasteiger partial charge in [0.2, 0.25) is 0 Å². The highest BCUT2D eigenvalue weighted by Gasteiger charge is 1.91. The van der Waals surface area contributed by atoms with Crippen molar-refractivity contribution in [3.8, 4) is 0 Å². The average Bonchev–Trinajstić information content (AvgIpc) is 2.21. The molecule has 0 bridgehead atoms. The summed E-state index contributed by atoms with van der Waals surface area (Å²) in [6, 6.07) is 1.32. The number of unbranched alkanes of at least 4 members (excludes halogenated alkanes) is 1. The van der Waals surface area contributed by atoms with Gasteiger partial charge < -0.3 is 13.9 Å². The van der Waals surface area contributed by atoms with E-state index in [4.69, 9.17) is 13.9 Å². The second kappa shape index (κ2) is 13.1. The number of hydrogen-bond donors (Lipinski definition) is 0. The van der Waals surface area contributed by atoms with E-state index in [0.29, 0.717) is 13.2 Å². The molecule has 0 unspecified atom stereocenters. The highest BCUT2D eigenvalue weighted by molar-refractivity contribution is 6.26. The van der Waals surface area contributed by atoms with Crippen molar-refractivity contribution >= 4 is 9.76 Å². The SMILES string of the molecule is CCCC[SiH2]OCCCOCCOC. The second-order valence-electron chi connectivity index (χ2n) is 3.28. The zero-order valence-corrected chi connectivity index (χ0v) is 11.0. The third-order valence-electron chi connectivity index (χ3n) is 1.90. The minimum absolute atomic E-state index is 0.224. The van der Waals surface area contributed by atoms with Crippen LogP contribution < -0.4 is 0 Å². The van der Waals surface area contributed by atoms with Crippen molar-refractivity contribution in [2.24, 2.45) is 0 Å². The van der Waals surface area contributed by atoms with E-state index in [0.717, 1.165) is 19.6 Å². The predicted octanol–water partition coefficient (Wildman–Crippen LogP) is 1.36. The van der Waals surface area contributed by atoms with Crippen LogP contribution in [0, 0.1) is 0 Å². The smallest absolute Gasteiger partial charge is 0.161 e. The summed E-state index contributed by atoms with van der Waals surface area (Å²) in [4.78, 5) is 0. The van der Waals surface area contributed by atoms with Crippen LogP contribution >= 0.6 is 0 Å². The molecular weight excluding hydrogens is 196 g/mol. The molecule has 0 saturated heterocycles. The van der Waals surface area contributed by atoms with Crippen LogP contribution in [0.2, 0.25) is 6.04 Å². The van der Waals surface area contributed by atoms with Gasteiger partial charge >= 0.3 is 0 Å². The van der Waals surface area contributed by atoms with Gasteiger partial charge in [-0.3, -0.25) is 0 Å². The van der Waals surface area contributed by atoms with Crippen molar-refractivity contribution in [2.45, 2.75) is 32.2 Å². The van der Waals surface area contributed by atoms with Gasteiger partial charge in [-0.25, -0.2) is 0 Å². The molecule has 0 fully saturated rings. The first-order valence-electron chi connectivity index (χ1n) is 5.56. The molecule has 0 heterocycles. The van der Waals surface area contributed by atoms with E-state index in [-0.39, 0.29) is 9.76 Å². The first-order valence-corrected chi connectivity index (χ1v) is 7.14. The molecular formula is C10H24O3Si. The Morgan fingerprint density at radius 1 is 1.00 bits per heavy atom. The molecule has 0 aromatic carbocycles. The fraction of sp³-hybridized carbons (Fsp3) is 1.00. The van der Waals surface area contributed by atoms with Crippen LogP contribution in [0.3, 0.4) is 0 Å². The number of hydrogen-bond acceptors (Lipinski definition) is 3. The zero-order valence-electron chi connectivity index (χ0n) is 9.59. The first kappa shape index (κ1) is 14.1. The van der Waals surface area contributed by atoms with Gasteiger partial charge in [0.1, 0.15) is 0 Å². The minimum Gasteiger partial charge on any atom is -0.424 e. The lowest BCUT2D eigenvalue weighted by Crippen LogP contribution is -2.07. The summed E-state index contributed by atoms with van der Waals surface area (Å²) in [5, 5.41) is 0. The predicted molar refractivity (Wildman–Crippen MR) is 61.5 cm³/mol. The molecule has 0 spiro atoms. The van der Waals surface area contributed by atoms with Gasteiger partial charge in [0.05, 0.1) is 13.2 Å². The second-order valence-corrected chi connectivity index (χ2v) is 4.80. The van der Waals surface area contributed by atoms with E-state index in [1.54, 1.807) is 7.11 Å². The van der Waals surface area contributed by atoms with Crippen molar-refractivity contribution in [1.29, 1.82) is 0 Å². The molecule has 0 aromatic rings. The van der Waals surface area contributed by atoms with Crippen LogP contribution in [0.25, 0.3) is 0 Å². The van der Waals surface area contributed by atoms with Gasteiger partial charge in [0.15, 0.2) is 9.76 Å². The molecule has 4 heteroatoms. The van der Waals surface area contributed by atoms with E-state index in [1.165, 1.54) is 18.9 Å². The number of methoxy groups -OCH3 is 1. The molecule has 0 N–H and O–H groups in total. The van der Waals surface area contributed by atoms with Crippen LogP contribution in [0.1, 0.15) is 26.2 Å². The summed E-state index contributed by atoms with van der Waals surface area (Å²) in [7, 11) is 1.46. The largest absolute Gasteiger partial charge is 0.424 e. The molecule has 0 saturated carbocycles. The highest BCUT2D eigenvalue weighted by atomic mass is 28.2. The van der Waals surface area contributed by atoms with Gasteiger partial charge in [-0.15, -0.1) is 0 Å². The van der Waals surface area contributed by atoms with Crippen LogP contribution in [0.4, 0.5) is 0 Å². The normalized spacial score (nSPS) is 11.6. The summed E-state index contributed by atoms with van der Waals surface area (Å²) in [6.45, 7) is 5.28. The summed E-state index contributed by atoms with van der Waals surface area (Å²) >= 11 is 0. The lowest BCUT2D eigenvalue weighted by Gasteiger charge is -2.04. The zero-order chi connectivity index (χ0) is 10.5. The van der Waals surface area contributed by atoms with Crippen LogP contribution in [-0.2, 0) is 13.9 Å². The minimum atomic E-state index is -0.224. The Balaban J connectivity index is 2.78. The molecule has 0 atom stereocenters. The monoisotopic (exact) mass is 220 g/mol. The van der Waals surface area contributed by atoms with Gasteiger partial charge in [-0.05, 0) is 12.5 Å². The van der Waals surface area contributed by atoms with Gasteiger partial charge in [0, 0.05) is 20.3 Å². The quantitative estimate of drug-likeness (QED) is 0.389. The molecule has 0 aliphatic carbocycles. The van der Waals surface area contributed by atoms with Gasteiger partial charge in [-0.1, -0.05) is 19.8 Å². The molecule has 86 valence electrons. The summed E-state index contributed by atoms with van der Waals surface area (Å²) in [5.41, 5.74) is 0. The Morgan fingerprint density at radius 2 is 1.86 bits per heavy atom. The van der Waals surface area contributed by atoms with Gasteiger partial charge in [-0.2, -0.15) is 0 Å². The molecule has 0 amide bonds. The Labute approximate surface area is 90.1 Å². The Kier molecular flexibility index (Phi) is 13.2. The summed E-state index contributed by atoms with van der Waals surface area (Å²) < 4.78 is 15.7. The van der Waals surface area contributed by atoms with E-state index >= 15 is 0 Å². The number of ether oxygens (including phenoxy) is 2. The van der Waals surface area contributed by atoms with Crippen LogP contribution in [0.15, 0.2) is 0 Å². The fourth-order valence-corrected chi connectivity index (χ4v) is 2.38. The maximum atomic E-state index is 5.57. The lowest BCUT2D eigenvalue weighted by molar-refractivity contribution is 0.0646. The van der Waals surface area contributed by atoms with E-state index in [2.05, 4.69) is 6.92 Å². The van der Waals surface area contributed by atoms with Crippen molar-refractivity contribution in [1.82, 2.24) is 0 Å². The summed E-state index contributed by atoms with van der Waals surface area (Å²) in [5.74, 6) is 0. The molecule has 0 rings (SSSR count). The van der Waals surface area contributed by atoms with E-state index in [1.807, 2.05) is 0 Å². The average molecular weight is 220 g/mol. The molecule has 0 aliphatic heterocycles. The maximum absolute atomic E-state index is 5.57. The molecule has 0 aliphatic rings. The molecule has 14 heavy (non-hydrogen) atoms. The van der Waals surface area contributed by atoms with Crippen molar-refractivity contribution < 1.29 is 13.9 Å². The molecule has 0 aromatic heterocycles. The highest BCUT2D eigenvalue weighted by Crippen LogP contribution is 1.94. The van der Waals surface area contributed by atoms with Gasteiger partial charge in [0.25, 0.3) is 0 Å². The van der Waals surface area contributed by atoms with Crippen molar-refractivity contribution in [3.05, 3.63) is 0 Å².